The normalized spacial score (nSPS) is 15.8. The summed E-state index contributed by atoms with van der Waals surface area (Å²) >= 11 is 0. The van der Waals surface area contributed by atoms with Gasteiger partial charge in [-0.1, -0.05) is 23.8 Å². The summed E-state index contributed by atoms with van der Waals surface area (Å²) in [7, 11) is -3.54. The average Bonchev–Trinajstić information content (AvgIpc) is 3.29. The largest absolute Gasteiger partial charge is 0.326 e. The molecule has 1 saturated heterocycles. The molecule has 0 radical (unpaired) electrons. The van der Waals surface area contributed by atoms with Gasteiger partial charge in [0.2, 0.25) is 15.9 Å². The molecule has 3 aromatic rings. The molecule has 1 fully saturated rings. The number of nitrogens with one attached hydrogen (secondary N) is 1. The smallest absolute Gasteiger partial charge is 0.243 e. The zero-order valence-corrected chi connectivity index (χ0v) is 17.3. The molecule has 0 saturated carbocycles. The van der Waals surface area contributed by atoms with Crippen molar-refractivity contribution in [2.75, 3.05) is 18.4 Å². The Labute approximate surface area is 174 Å². The fourth-order valence-electron chi connectivity index (χ4n) is 3.47. The summed E-state index contributed by atoms with van der Waals surface area (Å²) in [4.78, 5) is 13.0. The van der Waals surface area contributed by atoms with Gasteiger partial charge in [-0.2, -0.15) is 4.31 Å². The Bertz CT molecular complexity index is 1120. The molecule has 2 aromatic carbocycles. The van der Waals surface area contributed by atoms with Gasteiger partial charge in [0, 0.05) is 24.7 Å². The van der Waals surface area contributed by atoms with Gasteiger partial charge in [0.25, 0.3) is 0 Å². The van der Waals surface area contributed by atoms with E-state index < -0.39 is 10.0 Å². The molecule has 0 bridgehead atoms. The maximum atomic E-state index is 12.8. The van der Waals surface area contributed by atoms with E-state index in [9.17, 15) is 13.2 Å². The minimum atomic E-state index is -3.54. The Morgan fingerprint density at radius 1 is 1.10 bits per heavy atom. The van der Waals surface area contributed by atoms with Crippen LogP contribution in [0.2, 0.25) is 0 Å². The van der Waals surface area contributed by atoms with Gasteiger partial charge in [0.1, 0.15) is 6.33 Å². The molecule has 4 rings (SSSR count). The number of aromatic nitrogens is 4. The van der Waals surface area contributed by atoms with E-state index in [1.807, 2.05) is 19.1 Å². The van der Waals surface area contributed by atoms with E-state index in [-0.39, 0.29) is 16.7 Å². The van der Waals surface area contributed by atoms with Crippen molar-refractivity contribution in [3.8, 4) is 5.69 Å². The maximum absolute atomic E-state index is 12.8. The summed E-state index contributed by atoms with van der Waals surface area (Å²) in [6.07, 6.45) is 2.43. The minimum absolute atomic E-state index is 0.115. The average molecular weight is 427 g/mol. The Morgan fingerprint density at radius 2 is 1.83 bits per heavy atom. The Morgan fingerprint density at radius 3 is 2.50 bits per heavy atom. The second-order valence-electron chi connectivity index (χ2n) is 7.29. The van der Waals surface area contributed by atoms with Gasteiger partial charge in [0.05, 0.1) is 10.6 Å². The zero-order chi connectivity index (χ0) is 21.1. The van der Waals surface area contributed by atoms with Crippen molar-refractivity contribution in [1.82, 2.24) is 24.5 Å². The number of amides is 1. The molecule has 0 aliphatic carbocycles. The number of anilines is 1. The van der Waals surface area contributed by atoms with Crippen molar-refractivity contribution in [3.05, 3.63) is 60.4 Å². The molecule has 9 nitrogen and oxygen atoms in total. The molecule has 1 aliphatic heterocycles. The van der Waals surface area contributed by atoms with Crippen molar-refractivity contribution in [2.45, 2.75) is 24.7 Å². The van der Waals surface area contributed by atoms with E-state index in [0.29, 0.717) is 31.6 Å². The van der Waals surface area contributed by atoms with Gasteiger partial charge in [0.15, 0.2) is 0 Å². The van der Waals surface area contributed by atoms with Gasteiger partial charge >= 0.3 is 0 Å². The first-order valence-electron chi connectivity index (χ1n) is 9.64. The lowest BCUT2D eigenvalue weighted by atomic mass is 9.97. The van der Waals surface area contributed by atoms with Crippen LogP contribution >= 0.6 is 0 Å². The fraction of sp³-hybridized carbons (Fsp3) is 0.300. The zero-order valence-electron chi connectivity index (χ0n) is 16.5. The van der Waals surface area contributed by atoms with Crippen LogP contribution in [-0.4, -0.2) is 51.9 Å². The van der Waals surface area contributed by atoms with Crippen molar-refractivity contribution in [2.24, 2.45) is 5.92 Å². The van der Waals surface area contributed by atoms with Gasteiger partial charge < -0.3 is 5.32 Å². The number of nitrogens with zero attached hydrogens (tertiary/aromatic N) is 5. The number of sulfonamides is 1. The third kappa shape index (κ3) is 4.24. The van der Waals surface area contributed by atoms with Crippen LogP contribution in [0, 0.1) is 12.8 Å². The number of hydrogen-bond acceptors (Lipinski definition) is 6. The van der Waals surface area contributed by atoms with Crippen LogP contribution in [0.4, 0.5) is 5.69 Å². The first-order chi connectivity index (χ1) is 14.4. The molecule has 0 spiro atoms. The first-order valence-corrected chi connectivity index (χ1v) is 11.1. The van der Waals surface area contributed by atoms with E-state index >= 15 is 0 Å². The lowest BCUT2D eigenvalue weighted by Crippen LogP contribution is -2.41. The third-order valence-corrected chi connectivity index (χ3v) is 7.12. The molecular weight excluding hydrogens is 404 g/mol. The number of rotatable bonds is 5. The number of benzene rings is 2. The van der Waals surface area contributed by atoms with Gasteiger partial charge in [-0.25, -0.2) is 13.1 Å². The molecular formula is C20H22N6O3S. The van der Waals surface area contributed by atoms with Gasteiger partial charge in [-0.3, -0.25) is 4.79 Å². The van der Waals surface area contributed by atoms with E-state index in [2.05, 4.69) is 20.8 Å². The summed E-state index contributed by atoms with van der Waals surface area (Å²) in [5.74, 6) is -0.359. The van der Waals surface area contributed by atoms with E-state index in [4.69, 9.17) is 0 Å². The number of hydrogen-bond donors (Lipinski definition) is 1. The van der Waals surface area contributed by atoms with Crippen LogP contribution in [0.15, 0.2) is 59.8 Å². The summed E-state index contributed by atoms with van der Waals surface area (Å²) in [6, 6.07) is 14.0. The van der Waals surface area contributed by atoms with Crippen LogP contribution < -0.4 is 5.32 Å². The second kappa shape index (κ2) is 8.33. The third-order valence-electron chi connectivity index (χ3n) is 5.21. The van der Waals surface area contributed by atoms with Crippen molar-refractivity contribution in [3.63, 3.8) is 0 Å². The molecule has 2 heterocycles. The topological polar surface area (TPSA) is 110 Å². The summed E-state index contributed by atoms with van der Waals surface area (Å²) in [5, 5.41) is 14.0. The standard InChI is InChI=1S/C20H22N6O3S/c1-15-5-7-19(8-6-15)30(28,29)25-11-9-16(10-12-25)20(27)22-17-3-2-4-18(13-17)26-14-21-23-24-26/h2-8,13-14,16H,9-12H2,1H3,(H,22,27). The quantitative estimate of drug-likeness (QED) is 0.668. The highest BCUT2D eigenvalue weighted by Crippen LogP contribution is 2.25. The lowest BCUT2D eigenvalue weighted by Gasteiger charge is -2.30. The molecule has 1 N–H and O–H groups in total. The van der Waals surface area contributed by atoms with Crippen molar-refractivity contribution < 1.29 is 13.2 Å². The highest BCUT2D eigenvalue weighted by molar-refractivity contribution is 7.89. The minimum Gasteiger partial charge on any atom is -0.326 e. The molecule has 0 atom stereocenters. The number of carbonyl (C=O) groups is 1. The summed E-state index contributed by atoms with van der Waals surface area (Å²) < 4.78 is 28.6. The Kier molecular flexibility index (Phi) is 5.60. The van der Waals surface area contributed by atoms with Crippen molar-refractivity contribution >= 4 is 21.6 Å². The molecule has 156 valence electrons. The van der Waals surface area contributed by atoms with Gasteiger partial charge in [-0.05, 0) is 60.5 Å². The van der Waals surface area contributed by atoms with E-state index in [0.717, 1.165) is 11.3 Å². The molecule has 0 unspecified atom stereocenters. The Hall–Kier alpha value is -3.11. The SMILES string of the molecule is Cc1ccc(S(=O)(=O)N2CCC(C(=O)Nc3cccc(-n4cnnn4)c3)CC2)cc1. The van der Waals surface area contributed by atoms with Crippen LogP contribution in [0.1, 0.15) is 18.4 Å². The molecule has 1 amide bonds. The number of carbonyl (C=O) groups excluding carboxylic acids is 1. The molecule has 1 aliphatic rings. The monoisotopic (exact) mass is 426 g/mol. The number of aryl methyl sites for hydroxylation is 1. The number of piperidine rings is 1. The van der Waals surface area contributed by atoms with Gasteiger partial charge in [-0.15, -0.1) is 5.10 Å². The summed E-state index contributed by atoms with van der Waals surface area (Å²) in [6.45, 7) is 2.55. The maximum Gasteiger partial charge on any atom is 0.243 e. The second-order valence-corrected chi connectivity index (χ2v) is 9.22. The molecule has 1 aromatic heterocycles. The van der Waals surface area contributed by atoms with Crippen LogP contribution in [0.5, 0.6) is 0 Å². The Balaban J connectivity index is 1.38. The highest BCUT2D eigenvalue weighted by Gasteiger charge is 2.32. The van der Waals surface area contributed by atoms with Crippen LogP contribution in [-0.2, 0) is 14.8 Å². The van der Waals surface area contributed by atoms with Crippen molar-refractivity contribution in [1.29, 1.82) is 0 Å². The summed E-state index contributed by atoms with van der Waals surface area (Å²) in [5.41, 5.74) is 2.38. The number of tetrazole rings is 1. The fourth-order valence-corrected chi connectivity index (χ4v) is 4.94. The van der Waals surface area contributed by atoms with Crippen LogP contribution in [0.3, 0.4) is 0 Å². The van der Waals surface area contributed by atoms with Crippen LogP contribution in [0.25, 0.3) is 5.69 Å². The first kappa shape index (κ1) is 20.2. The molecule has 30 heavy (non-hydrogen) atoms. The van der Waals surface area contributed by atoms with E-state index in [1.54, 1.807) is 36.4 Å². The van der Waals surface area contributed by atoms with E-state index in [1.165, 1.54) is 15.3 Å². The highest BCUT2D eigenvalue weighted by atomic mass is 32.2. The molecule has 10 heteroatoms. The predicted molar refractivity (Wildman–Crippen MR) is 110 cm³/mol. The predicted octanol–water partition coefficient (Wildman–Crippen LogP) is 2.01. The lowest BCUT2D eigenvalue weighted by molar-refractivity contribution is -0.120.